The first kappa shape index (κ1) is 21.3. The Bertz CT molecular complexity index is 809. The fourth-order valence-electron chi connectivity index (χ4n) is 3.42. The molecule has 1 heterocycles. The molecule has 2 aromatic rings. The van der Waals surface area contributed by atoms with Crippen LogP contribution in [0.4, 0.5) is 4.39 Å². The van der Waals surface area contributed by atoms with Gasteiger partial charge in [-0.1, -0.05) is 30.1 Å². The van der Waals surface area contributed by atoms with Crippen LogP contribution in [0.1, 0.15) is 57.0 Å². The van der Waals surface area contributed by atoms with E-state index >= 15 is 0 Å². The molecule has 3 N–H and O–H groups in total. The first-order chi connectivity index (χ1) is 12.3. The Hall–Kier alpha value is -1.99. The van der Waals surface area contributed by atoms with Crippen molar-refractivity contribution in [2.75, 3.05) is 0 Å². The number of nitrogens with two attached hydrogens (primary N) is 1. The molecule has 1 aliphatic rings. The van der Waals surface area contributed by atoms with Gasteiger partial charge in [-0.2, -0.15) is 4.98 Å². The van der Waals surface area contributed by atoms with Crippen molar-refractivity contribution in [3.8, 4) is 11.4 Å². The number of nitrogens with one attached hydrogen (secondary N) is 1. The zero-order valence-corrected chi connectivity index (χ0v) is 16.6. The summed E-state index contributed by atoms with van der Waals surface area (Å²) < 4.78 is 19.0. The van der Waals surface area contributed by atoms with Crippen LogP contribution < -0.4 is 11.1 Å². The van der Waals surface area contributed by atoms with E-state index in [4.69, 9.17) is 10.3 Å². The van der Waals surface area contributed by atoms with Gasteiger partial charge in [-0.15, -0.1) is 12.4 Å². The summed E-state index contributed by atoms with van der Waals surface area (Å²) in [6.45, 7) is 5.40. The van der Waals surface area contributed by atoms with Gasteiger partial charge in [0.05, 0.1) is 5.92 Å². The Kier molecular flexibility index (Phi) is 6.59. The lowest BCUT2D eigenvalue weighted by Crippen LogP contribution is -2.53. The number of nitrogens with zero attached hydrogens (tertiary/aromatic N) is 2. The fourth-order valence-corrected chi connectivity index (χ4v) is 3.42. The first-order valence-electron chi connectivity index (χ1n) is 8.97. The van der Waals surface area contributed by atoms with Crippen LogP contribution in [0.25, 0.3) is 11.4 Å². The summed E-state index contributed by atoms with van der Waals surface area (Å²) in [5, 5.41) is 6.82. The molecule has 6 nitrogen and oxygen atoms in total. The number of amides is 1. The number of benzene rings is 1. The van der Waals surface area contributed by atoms with Gasteiger partial charge in [0.15, 0.2) is 0 Å². The minimum atomic E-state index is -0.499. The van der Waals surface area contributed by atoms with E-state index in [1.54, 1.807) is 26.0 Å². The van der Waals surface area contributed by atoms with Crippen LogP contribution in [-0.4, -0.2) is 21.6 Å². The lowest BCUT2D eigenvalue weighted by atomic mass is 9.74. The molecule has 148 valence electrons. The molecule has 0 aliphatic heterocycles. The molecule has 1 saturated carbocycles. The van der Waals surface area contributed by atoms with Crippen molar-refractivity contribution in [3.63, 3.8) is 0 Å². The van der Waals surface area contributed by atoms with Gasteiger partial charge in [-0.25, -0.2) is 4.39 Å². The zero-order chi connectivity index (χ0) is 18.9. The minimum Gasteiger partial charge on any atom is -0.344 e. The van der Waals surface area contributed by atoms with Gasteiger partial charge in [0.25, 0.3) is 0 Å². The van der Waals surface area contributed by atoms with Crippen LogP contribution in [0.3, 0.4) is 0 Å². The topological polar surface area (TPSA) is 94.0 Å². The highest BCUT2D eigenvalue weighted by molar-refractivity contribution is 5.85. The maximum atomic E-state index is 13.7. The third-order valence-electron chi connectivity index (χ3n) is 5.17. The monoisotopic (exact) mass is 396 g/mol. The molecule has 0 saturated heterocycles. The summed E-state index contributed by atoms with van der Waals surface area (Å²) in [7, 11) is 0. The lowest BCUT2D eigenvalue weighted by Gasteiger charge is -2.37. The van der Waals surface area contributed by atoms with Crippen molar-refractivity contribution in [1.82, 2.24) is 15.5 Å². The second kappa shape index (κ2) is 8.35. The Morgan fingerprint density at radius 1 is 1.44 bits per heavy atom. The summed E-state index contributed by atoms with van der Waals surface area (Å²) >= 11 is 0. The van der Waals surface area contributed by atoms with E-state index in [1.165, 1.54) is 6.07 Å². The van der Waals surface area contributed by atoms with Gasteiger partial charge >= 0.3 is 0 Å². The number of aryl methyl sites for hydroxylation is 1. The fraction of sp³-hybridized carbons (Fsp3) is 0.526. The Morgan fingerprint density at radius 2 is 2.19 bits per heavy atom. The highest BCUT2D eigenvalue weighted by Gasteiger charge is 2.38. The molecule has 1 amide bonds. The number of hydrogen-bond donors (Lipinski definition) is 2. The van der Waals surface area contributed by atoms with Crippen molar-refractivity contribution >= 4 is 18.3 Å². The van der Waals surface area contributed by atoms with Crippen molar-refractivity contribution in [2.45, 2.75) is 58.0 Å². The van der Waals surface area contributed by atoms with Gasteiger partial charge < -0.3 is 15.6 Å². The number of aromatic nitrogens is 2. The number of carbonyl (C=O) groups excluding carboxylic acids is 1. The average Bonchev–Trinajstić information content (AvgIpc) is 3.07. The Labute approximate surface area is 164 Å². The second-order valence-electron chi connectivity index (χ2n) is 7.45. The highest BCUT2D eigenvalue weighted by Crippen LogP contribution is 2.32. The predicted octanol–water partition coefficient (Wildman–Crippen LogP) is 3.69. The standard InChI is InChI=1S/C19H25FN4O2.ClH/c1-11-7-8-13(10-15(11)20)16-23-18(26-24-16)12(2)22-17(25)14-6-4-5-9-19(14,3)21;/h7-8,10,12,14H,4-6,9,21H2,1-3H3,(H,22,25);1H. The normalized spacial score (nSPS) is 23.4. The van der Waals surface area contributed by atoms with Crippen LogP contribution in [-0.2, 0) is 4.79 Å². The van der Waals surface area contributed by atoms with Gasteiger partial charge in [0, 0.05) is 11.1 Å². The molecule has 3 atom stereocenters. The molecule has 0 radical (unpaired) electrons. The maximum Gasteiger partial charge on any atom is 0.249 e. The van der Waals surface area contributed by atoms with Crippen molar-refractivity contribution in [2.24, 2.45) is 11.7 Å². The number of hydrogen-bond acceptors (Lipinski definition) is 5. The van der Waals surface area contributed by atoms with Gasteiger partial charge in [0.1, 0.15) is 11.9 Å². The van der Waals surface area contributed by atoms with E-state index in [9.17, 15) is 9.18 Å². The molecule has 1 aromatic carbocycles. The van der Waals surface area contributed by atoms with Crippen LogP contribution in [0.5, 0.6) is 0 Å². The first-order valence-corrected chi connectivity index (χ1v) is 8.97. The molecule has 3 unspecified atom stereocenters. The molecule has 8 heteroatoms. The van der Waals surface area contributed by atoms with Crippen molar-refractivity contribution in [3.05, 3.63) is 35.5 Å². The molecule has 3 rings (SSSR count). The van der Waals surface area contributed by atoms with E-state index < -0.39 is 11.6 Å². The largest absolute Gasteiger partial charge is 0.344 e. The molecular weight excluding hydrogens is 371 g/mol. The van der Waals surface area contributed by atoms with E-state index in [1.807, 2.05) is 6.92 Å². The van der Waals surface area contributed by atoms with E-state index in [0.29, 0.717) is 17.0 Å². The summed E-state index contributed by atoms with van der Waals surface area (Å²) in [5.41, 5.74) is 6.88. The van der Waals surface area contributed by atoms with E-state index in [2.05, 4.69) is 15.5 Å². The second-order valence-corrected chi connectivity index (χ2v) is 7.45. The zero-order valence-electron chi connectivity index (χ0n) is 15.8. The third kappa shape index (κ3) is 4.65. The van der Waals surface area contributed by atoms with Crippen LogP contribution in [0, 0.1) is 18.7 Å². The van der Waals surface area contributed by atoms with Gasteiger partial charge in [-0.3, -0.25) is 4.79 Å². The lowest BCUT2D eigenvalue weighted by molar-refractivity contribution is -0.129. The SMILES string of the molecule is Cc1ccc(-c2noc(C(C)NC(=O)C3CCCCC3(C)N)n2)cc1F.Cl. The number of carbonyl (C=O) groups is 1. The summed E-state index contributed by atoms with van der Waals surface area (Å²) in [4.78, 5) is 16.9. The van der Waals surface area contributed by atoms with Crippen molar-refractivity contribution < 1.29 is 13.7 Å². The van der Waals surface area contributed by atoms with E-state index in [0.717, 1.165) is 25.7 Å². The van der Waals surface area contributed by atoms with Gasteiger partial charge in [0.2, 0.25) is 17.6 Å². The summed E-state index contributed by atoms with van der Waals surface area (Å²) in [5.74, 6) is -0.0736. The number of rotatable bonds is 4. The summed E-state index contributed by atoms with van der Waals surface area (Å²) in [6, 6.07) is 4.32. The molecule has 0 spiro atoms. The molecule has 1 fully saturated rings. The predicted molar refractivity (Wildman–Crippen MR) is 103 cm³/mol. The molecule has 1 aliphatic carbocycles. The smallest absolute Gasteiger partial charge is 0.249 e. The molecular formula is C19H26ClFN4O2. The van der Waals surface area contributed by atoms with E-state index in [-0.39, 0.29) is 35.9 Å². The van der Waals surface area contributed by atoms with Gasteiger partial charge in [-0.05, 0) is 45.2 Å². The number of halogens is 2. The van der Waals surface area contributed by atoms with Crippen molar-refractivity contribution in [1.29, 1.82) is 0 Å². The maximum absolute atomic E-state index is 13.7. The van der Waals surface area contributed by atoms with Crippen LogP contribution in [0.15, 0.2) is 22.7 Å². The quantitative estimate of drug-likeness (QED) is 0.821. The molecule has 1 aromatic heterocycles. The summed E-state index contributed by atoms with van der Waals surface area (Å²) in [6.07, 6.45) is 3.67. The van der Waals surface area contributed by atoms with Crippen LogP contribution in [0.2, 0.25) is 0 Å². The average molecular weight is 397 g/mol. The third-order valence-corrected chi connectivity index (χ3v) is 5.17. The van der Waals surface area contributed by atoms with Crippen LogP contribution >= 0.6 is 12.4 Å². The Morgan fingerprint density at radius 3 is 2.85 bits per heavy atom. The molecule has 0 bridgehead atoms. The Balaban J connectivity index is 0.00000261. The minimum absolute atomic E-state index is 0. The highest BCUT2D eigenvalue weighted by atomic mass is 35.5. The molecule has 27 heavy (non-hydrogen) atoms.